The van der Waals surface area contributed by atoms with E-state index in [0.29, 0.717) is 0 Å². The molecule has 1 aliphatic carbocycles. The molecule has 0 N–H and O–H groups in total. The van der Waals surface area contributed by atoms with Crippen molar-refractivity contribution in [3.05, 3.63) is 38.7 Å². The van der Waals surface area contributed by atoms with Gasteiger partial charge >= 0.3 is 0 Å². The summed E-state index contributed by atoms with van der Waals surface area (Å²) in [5.74, 6) is 0. The van der Waals surface area contributed by atoms with Crippen molar-refractivity contribution in [3.63, 3.8) is 0 Å². The summed E-state index contributed by atoms with van der Waals surface area (Å²) in [6.07, 6.45) is 9.65. The van der Waals surface area contributed by atoms with E-state index in [4.69, 9.17) is 0 Å². The van der Waals surface area contributed by atoms with Crippen LogP contribution in [-0.2, 0) is 19.8 Å². The second-order valence-electron chi connectivity index (χ2n) is 1.66. The number of hydrogen-bond acceptors (Lipinski definition) is 0. The first-order valence-corrected chi connectivity index (χ1v) is 2.69. The van der Waals surface area contributed by atoms with E-state index in [2.05, 4.69) is 25.2 Å². The van der Waals surface area contributed by atoms with Gasteiger partial charge in [-0.1, -0.05) is 13.3 Å². The van der Waals surface area contributed by atoms with Crippen molar-refractivity contribution in [1.82, 2.24) is 0 Å². The Bertz CT molecular complexity index is 112. The first-order chi connectivity index (χ1) is 3.43. The molecule has 0 heterocycles. The van der Waals surface area contributed by atoms with Crippen LogP contribution in [0.4, 0.5) is 0 Å². The topological polar surface area (TPSA) is 0 Å². The predicted molar refractivity (Wildman–Crippen MR) is 43.6 cm³/mol. The third-order valence-corrected chi connectivity index (χ3v) is 1.15. The summed E-state index contributed by atoms with van der Waals surface area (Å²) in [5.41, 5.74) is 1.36. The Balaban J connectivity index is -0.000000163. The van der Waals surface area contributed by atoms with Crippen molar-refractivity contribution in [1.29, 1.82) is 0 Å². The summed E-state index contributed by atoms with van der Waals surface area (Å²) in [5, 5.41) is 0. The third-order valence-electron chi connectivity index (χ3n) is 1.15. The van der Waals surface area contributed by atoms with Gasteiger partial charge in [-0.25, -0.2) is 11.6 Å². The smallest absolute Gasteiger partial charge is 0 e. The molecule has 0 aromatic rings. The third kappa shape index (κ3) is 4.95. The molecule has 0 aromatic heterocycles. The van der Waals surface area contributed by atoms with Crippen molar-refractivity contribution >= 4 is 0 Å². The molecule has 0 bridgehead atoms. The van der Waals surface area contributed by atoms with E-state index in [1.807, 2.05) is 0 Å². The van der Waals surface area contributed by atoms with E-state index in [1.54, 1.807) is 0 Å². The molecule has 0 saturated heterocycles. The fourth-order valence-corrected chi connectivity index (χ4v) is 0.693. The minimum absolute atomic E-state index is 0. The van der Waals surface area contributed by atoms with E-state index < -0.39 is 0 Å². The van der Waals surface area contributed by atoms with Gasteiger partial charge in [-0.05, 0) is 0 Å². The fourth-order valence-electron chi connectivity index (χ4n) is 0.693. The summed E-state index contributed by atoms with van der Waals surface area (Å²) >= 11 is 0. The van der Waals surface area contributed by atoms with Crippen LogP contribution in [0, 0.1) is 20.9 Å². The van der Waals surface area contributed by atoms with Gasteiger partial charge in [0.05, 0.1) is 0 Å². The average Bonchev–Trinajstić information content (AvgIpc) is 2.14. The van der Waals surface area contributed by atoms with Gasteiger partial charge in [0, 0.05) is 19.8 Å². The molecule has 10 heavy (non-hydrogen) atoms. The van der Waals surface area contributed by atoms with Crippen molar-refractivity contribution < 1.29 is 19.8 Å². The van der Waals surface area contributed by atoms with Crippen LogP contribution in [0.1, 0.15) is 19.8 Å². The molecule has 0 nitrogen and oxygen atoms in total. The standard InChI is InChI=1S/C7H9.2CH3.Os/c1-2-7-5-3-4-6-7;;;/h3,5H,2,4H2,1H3;2*1H3;/q3*-1;. The molecule has 0 spiro atoms. The van der Waals surface area contributed by atoms with Crippen LogP contribution in [0.25, 0.3) is 0 Å². The Hall–Kier alpha value is 0.116. The quantitative estimate of drug-likeness (QED) is 0.653. The summed E-state index contributed by atoms with van der Waals surface area (Å²) in [4.78, 5) is 0. The minimum atomic E-state index is 0. The van der Waals surface area contributed by atoms with Crippen LogP contribution in [0.5, 0.6) is 0 Å². The van der Waals surface area contributed by atoms with Crippen LogP contribution in [0.2, 0.25) is 0 Å². The molecule has 0 unspecified atom stereocenters. The van der Waals surface area contributed by atoms with Gasteiger partial charge in [-0.15, -0.1) is 6.42 Å². The molecule has 0 amide bonds. The first-order valence-electron chi connectivity index (χ1n) is 2.69. The molecule has 0 aliphatic heterocycles. The second kappa shape index (κ2) is 9.12. The predicted octanol–water partition coefficient (Wildman–Crippen LogP) is 2.98. The average molecular weight is 313 g/mol. The van der Waals surface area contributed by atoms with Crippen molar-refractivity contribution in [2.75, 3.05) is 0 Å². The molecule has 1 rings (SSSR count). The van der Waals surface area contributed by atoms with Crippen LogP contribution in [0.3, 0.4) is 0 Å². The molecule has 0 fully saturated rings. The summed E-state index contributed by atoms with van der Waals surface area (Å²) < 4.78 is 0. The molecule has 1 heteroatoms. The first kappa shape index (κ1) is 16.6. The second-order valence-corrected chi connectivity index (χ2v) is 1.66. The van der Waals surface area contributed by atoms with Gasteiger partial charge in [0.25, 0.3) is 0 Å². The molecular weight excluding hydrogens is 298 g/mol. The van der Waals surface area contributed by atoms with Gasteiger partial charge in [-0.3, -0.25) is 6.08 Å². The van der Waals surface area contributed by atoms with Crippen molar-refractivity contribution in [2.24, 2.45) is 0 Å². The normalized spacial score (nSPS) is 12.3. The van der Waals surface area contributed by atoms with Crippen LogP contribution >= 0.6 is 0 Å². The van der Waals surface area contributed by atoms with Gasteiger partial charge in [-0.2, -0.15) is 6.08 Å². The van der Waals surface area contributed by atoms with E-state index in [9.17, 15) is 0 Å². The zero-order chi connectivity index (χ0) is 5.11. The van der Waals surface area contributed by atoms with Crippen LogP contribution in [-0.4, -0.2) is 0 Å². The largest absolute Gasteiger partial charge is 0.358 e. The fraction of sp³-hybridized carbons (Fsp3) is 0.333. The molecule has 0 atom stereocenters. The zero-order valence-corrected chi connectivity index (χ0v) is 9.46. The van der Waals surface area contributed by atoms with Gasteiger partial charge in [0.1, 0.15) is 0 Å². The maximum absolute atomic E-state index is 3.21. The van der Waals surface area contributed by atoms with Gasteiger partial charge in [0.2, 0.25) is 0 Å². The summed E-state index contributed by atoms with van der Waals surface area (Å²) in [6, 6.07) is 0. The Morgan fingerprint density at radius 3 is 2.30 bits per heavy atom. The van der Waals surface area contributed by atoms with E-state index in [0.717, 1.165) is 12.8 Å². The molecule has 0 saturated carbocycles. The molecule has 62 valence electrons. The maximum atomic E-state index is 3.21. The summed E-state index contributed by atoms with van der Waals surface area (Å²) in [6.45, 7) is 2.15. The van der Waals surface area contributed by atoms with E-state index in [-0.39, 0.29) is 34.6 Å². The Morgan fingerprint density at radius 2 is 2.10 bits per heavy atom. The number of rotatable bonds is 1. The monoisotopic (exact) mass is 315 g/mol. The van der Waals surface area contributed by atoms with Crippen LogP contribution < -0.4 is 0 Å². The molecule has 0 radical (unpaired) electrons. The van der Waals surface area contributed by atoms with E-state index >= 15 is 0 Å². The van der Waals surface area contributed by atoms with Crippen LogP contribution in [0.15, 0.2) is 17.7 Å². The maximum Gasteiger partial charge on any atom is 0 e. The van der Waals surface area contributed by atoms with Gasteiger partial charge in [0.15, 0.2) is 0 Å². The Morgan fingerprint density at radius 1 is 1.50 bits per heavy atom. The van der Waals surface area contributed by atoms with Crippen molar-refractivity contribution in [3.8, 4) is 0 Å². The summed E-state index contributed by atoms with van der Waals surface area (Å²) in [7, 11) is 0. The minimum Gasteiger partial charge on any atom is -0.358 e. The Kier molecular flexibility index (Phi) is 15.1. The Labute approximate surface area is 78.5 Å². The van der Waals surface area contributed by atoms with Gasteiger partial charge < -0.3 is 14.9 Å². The molecule has 0 aromatic carbocycles. The van der Waals surface area contributed by atoms with Crippen molar-refractivity contribution in [2.45, 2.75) is 19.8 Å². The molecule has 1 aliphatic rings. The number of hydrogen-bond donors (Lipinski definition) is 0. The van der Waals surface area contributed by atoms with E-state index in [1.165, 1.54) is 5.57 Å². The molecular formula is C9H15Os-3. The SMILES string of the molecule is CCC1=[C-]CC=C1.[CH3-].[CH3-].[Os]. The number of allylic oxidation sites excluding steroid dienone is 4. The zero-order valence-electron chi connectivity index (χ0n) is 6.92.